The van der Waals surface area contributed by atoms with Crippen molar-refractivity contribution in [3.8, 4) is 0 Å². The molecule has 0 bridgehead atoms. The number of hydrogen-bond acceptors (Lipinski definition) is 4. The Bertz CT molecular complexity index is 712. The number of benzene rings is 1. The number of aromatic nitrogens is 1. The van der Waals surface area contributed by atoms with E-state index in [0.29, 0.717) is 5.69 Å². The smallest absolute Gasteiger partial charge is 0.413 e. The molecular formula is C14H11F4N3O2. The molecule has 0 fully saturated rings. The third kappa shape index (κ3) is 3.33. The van der Waals surface area contributed by atoms with Crippen LogP contribution in [0.25, 0.3) is 0 Å². The predicted molar refractivity (Wildman–Crippen MR) is 74.6 cm³/mol. The van der Waals surface area contributed by atoms with Gasteiger partial charge in [-0.05, 0) is 24.3 Å². The van der Waals surface area contributed by atoms with Gasteiger partial charge >= 0.3 is 6.09 Å². The minimum atomic E-state index is -1.76. The van der Waals surface area contributed by atoms with Crippen LogP contribution < -0.4 is 10.2 Å². The molecule has 0 saturated heterocycles. The van der Waals surface area contributed by atoms with E-state index in [2.05, 4.69) is 15.0 Å². The van der Waals surface area contributed by atoms with Gasteiger partial charge in [-0.15, -0.1) is 0 Å². The number of carbonyl (C=O) groups is 1. The Kier molecular flexibility index (Phi) is 4.68. The molecule has 0 radical (unpaired) electrons. The molecule has 23 heavy (non-hydrogen) atoms. The largest absolute Gasteiger partial charge is 0.452 e. The lowest BCUT2D eigenvalue weighted by Gasteiger charge is -2.16. The molecule has 122 valence electrons. The van der Waals surface area contributed by atoms with E-state index >= 15 is 0 Å². The highest BCUT2D eigenvalue weighted by Crippen LogP contribution is 2.27. The standard InChI is InChI=1S/C14H11F4N3O2/c1-21(14(22)23-2)8-5-3-7(4-6-8)19-11-9(15)12(17)20-13(18)10(11)16/h3-6H,1-2H3,(H,19,20). The molecule has 0 aliphatic rings. The van der Waals surface area contributed by atoms with E-state index < -0.39 is 35.3 Å². The molecule has 1 aromatic heterocycles. The number of nitrogens with one attached hydrogen (secondary N) is 1. The number of amides is 1. The molecule has 0 saturated carbocycles. The zero-order chi connectivity index (χ0) is 17.1. The van der Waals surface area contributed by atoms with Crippen LogP contribution in [0, 0.1) is 23.5 Å². The van der Waals surface area contributed by atoms with E-state index in [4.69, 9.17) is 0 Å². The maximum Gasteiger partial charge on any atom is 0.413 e. The highest BCUT2D eigenvalue weighted by molar-refractivity contribution is 5.87. The van der Waals surface area contributed by atoms with Crippen molar-refractivity contribution in [2.24, 2.45) is 0 Å². The number of ether oxygens (including phenoxy) is 1. The summed E-state index contributed by atoms with van der Waals surface area (Å²) < 4.78 is 57.6. The van der Waals surface area contributed by atoms with Crippen molar-refractivity contribution in [2.45, 2.75) is 0 Å². The van der Waals surface area contributed by atoms with E-state index in [1.165, 1.54) is 43.3 Å². The summed E-state index contributed by atoms with van der Waals surface area (Å²) in [6.45, 7) is 0. The second kappa shape index (κ2) is 6.51. The Morgan fingerprint density at radius 1 is 1.09 bits per heavy atom. The van der Waals surface area contributed by atoms with Crippen molar-refractivity contribution >= 4 is 23.2 Å². The highest BCUT2D eigenvalue weighted by atomic mass is 19.2. The number of carbonyl (C=O) groups excluding carboxylic acids is 1. The summed E-state index contributed by atoms with van der Waals surface area (Å²) in [5.41, 5.74) is -0.408. The van der Waals surface area contributed by atoms with Crippen LogP contribution in [0.3, 0.4) is 0 Å². The van der Waals surface area contributed by atoms with Crippen LogP contribution in [0.1, 0.15) is 0 Å². The monoisotopic (exact) mass is 329 g/mol. The summed E-state index contributed by atoms with van der Waals surface area (Å²) in [5.74, 6) is -6.79. The molecule has 1 heterocycles. The van der Waals surface area contributed by atoms with Crippen LogP contribution in [0.4, 0.5) is 39.4 Å². The summed E-state index contributed by atoms with van der Waals surface area (Å²) in [6, 6.07) is 5.62. The summed E-state index contributed by atoms with van der Waals surface area (Å²) in [6.07, 6.45) is -0.610. The lowest BCUT2D eigenvalue weighted by atomic mass is 10.2. The molecule has 0 aliphatic heterocycles. The second-order valence-electron chi connectivity index (χ2n) is 4.40. The van der Waals surface area contributed by atoms with E-state index in [-0.39, 0.29) is 5.69 Å². The van der Waals surface area contributed by atoms with Gasteiger partial charge in [0.25, 0.3) is 11.9 Å². The molecule has 2 rings (SSSR count). The molecule has 9 heteroatoms. The van der Waals surface area contributed by atoms with Gasteiger partial charge < -0.3 is 10.1 Å². The minimum absolute atomic E-state index is 0.148. The fourth-order valence-corrected chi connectivity index (χ4v) is 1.75. The topological polar surface area (TPSA) is 54.5 Å². The third-order valence-electron chi connectivity index (χ3n) is 2.97. The molecule has 0 atom stereocenters. The Hall–Kier alpha value is -2.84. The molecule has 0 spiro atoms. The molecule has 1 amide bonds. The summed E-state index contributed by atoms with van der Waals surface area (Å²) in [4.78, 5) is 15.0. The van der Waals surface area contributed by atoms with E-state index in [1.807, 2.05) is 0 Å². The average molecular weight is 329 g/mol. The molecule has 0 aliphatic carbocycles. The highest BCUT2D eigenvalue weighted by Gasteiger charge is 2.21. The van der Waals surface area contributed by atoms with E-state index in [9.17, 15) is 22.4 Å². The number of hydrogen-bond donors (Lipinski definition) is 1. The first-order valence-electron chi connectivity index (χ1n) is 6.24. The number of nitrogens with zero attached hydrogens (tertiary/aromatic N) is 2. The van der Waals surface area contributed by atoms with Crippen LogP contribution >= 0.6 is 0 Å². The zero-order valence-electron chi connectivity index (χ0n) is 12.0. The lowest BCUT2D eigenvalue weighted by molar-refractivity contribution is 0.180. The first kappa shape index (κ1) is 16.5. The Morgan fingerprint density at radius 2 is 1.61 bits per heavy atom. The Labute approximate surface area is 128 Å². The van der Waals surface area contributed by atoms with Gasteiger partial charge in [0.15, 0.2) is 0 Å². The third-order valence-corrected chi connectivity index (χ3v) is 2.97. The quantitative estimate of drug-likeness (QED) is 0.691. The number of anilines is 3. The fraction of sp³-hybridized carbons (Fsp3) is 0.143. The summed E-state index contributed by atoms with van der Waals surface area (Å²) in [5, 5.41) is 2.23. The van der Waals surface area contributed by atoms with Crippen LogP contribution in [0.15, 0.2) is 24.3 Å². The van der Waals surface area contributed by atoms with Crippen molar-refractivity contribution in [1.82, 2.24) is 4.98 Å². The Balaban J connectivity index is 2.27. The minimum Gasteiger partial charge on any atom is -0.452 e. The van der Waals surface area contributed by atoms with Gasteiger partial charge in [-0.25, -0.2) is 4.79 Å². The van der Waals surface area contributed by atoms with Gasteiger partial charge in [-0.1, -0.05) is 0 Å². The normalized spacial score (nSPS) is 10.3. The summed E-state index contributed by atoms with van der Waals surface area (Å²) >= 11 is 0. The Morgan fingerprint density at radius 3 is 2.09 bits per heavy atom. The molecule has 1 N–H and O–H groups in total. The fourth-order valence-electron chi connectivity index (χ4n) is 1.75. The number of methoxy groups -OCH3 is 1. The molecule has 1 aromatic carbocycles. The molecule has 5 nitrogen and oxygen atoms in total. The van der Waals surface area contributed by atoms with Crippen molar-refractivity contribution in [2.75, 3.05) is 24.4 Å². The van der Waals surface area contributed by atoms with Gasteiger partial charge in [-0.3, -0.25) is 4.90 Å². The maximum atomic E-state index is 13.5. The first-order chi connectivity index (χ1) is 10.8. The van der Waals surface area contributed by atoms with Crippen LogP contribution in [-0.4, -0.2) is 25.2 Å². The van der Waals surface area contributed by atoms with E-state index in [0.717, 1.165) is 0 Å². The van der Waals surface area contributed by atoms with Gasteiger partial charge in [0.2, 0.25) is 11.6 Å². The molecule has 0 unspecified atom stereocenters. The van der Waals surface area contributed by atoms with Crippen molar-refractivity contribution in [3.63, 3.8) is 0 Å². The van der Waals surface area contributed by atoms with Crippen molar-refractivity contribution in [1.29, 1.82) is 0 Å². The van der Waals surface area contributed by atoms with Crippen LogP contribution in [0.5, 0.6) is 0 Å². The summed E-state index contributed by atoms with van der Waals surface area (Å²) in [7, 11) is 2.67. The first-order valence-corrected chi connectivity index (χ1v) is 6.24. The number of halogens is 4. The van der Waals surface area contributed by atoms with Crippen molar-refractivity contribution < 1.29 is 27.1 Å². The van der Waals surface area contributed by atoms with E-state index in [1.54, 1.807) is 0 Å². The van der Waals surface area contributed by atoms with Gasteiger partial charge in [0, 0.05) is 18.4 Å². The lowest BCUT2D eigenvalue weighted by Crippen LogP contribution is -2.25. The SMILES string of the molecule is COC(=O)N(C)c1ccc(Nc2c(F)c(F)nc(F)c2F)cc1. The maximum absolute atomic E-state index is 13.5. The average Bonchev–Trinajstić information content (AvgIpc) is 2.56. The number of rotatable bonds is 3. The molecular weight excluding hydrogens is 318 g/mol. The zero-order valence-corrected chi connectivity index (χ0v) is 12.0. The van der Waals surface area contributed by atoms with Crippen molar-refractivity contribution in [3.05, 3.63) is 47.8 Å². The van der Waals surface area contributed by atoms with Crippen LogP contribution in [-0.2, 0) is 4.74 Å². The van der Waals surface area contributed by atoms with Gasteiger partial charge in [0.1, 0.15) is 5.69 Å². The second-order valence-corrected chi connectivity index (χ2v) is 4.40. The predicted octanol–water partition coefficient (Wildman–Crippen LogP) is 3.58. The van der Waals surface area contributed by atoms with Gasteiger partial charge in [0.05, 0.1) is 7.11 Å². The molecule has 2 aromatic rings. The van der Waals surface area contributed by atoms with Gasteiger partial charge in [-0.2, -0.15) is 22.5 Å². The number of pyridine rings is 1. The van der Waals surface area contributed by atoms with Crippen LogP contribution in [0.2, 0.25) is 0 Å².